The average Bonchev–Trinajstić information content (AvgIpc) is 3.18. The van der Waals surface area contributed by atoms with Crippen molar-refractivity contribution in [3.8, 4) is 0 Å². The Hall–Kier alpha value is -0.120. The molecule has 2 aliphatic carbocycles. The number of rotatable bonds is 7. The Kier molecular flexibility index (Phi) is 5.05. The molecule has 0 heterocycles. The molecule has 3 heteroatoms. The lowest BCUT2D eigenvalue weighted by atomic mass is 9.75. The SMILES string of the molecule is CC1CCCC(CN)(N(C)CCOCC2CC2)C1. The molecule has 0 amide bonds. The summed E-state index contributed by atoms with van der Waals surface area (Å²) in [7, 11) is 2.23. The van der Waals surface area contributed by atoms with Gasteiger partial charge in [-0.2, -0.15) is 0 Å². The van der Waals surface area contributed by atoms with Crippen LogP contribution in [-0.4, -0.2) is 43.8 Å². The summed E-state index contributed by atoms with van der Waals surface area (Å²) in [6, 6.07) is 0. The van der Waals surface area contributed by atoms with E-state index in [4.69, 9.17) is 10.5 Å². The minimum absolute atomic E-state index is 0.237. The van der Waals surface area contributed by atoms with Crippen molar-refractivity contribution < 1.29 is 4.74 Å². The number of hydrogen-bond donors (Lipinski definition) is 1. The maximum Gasteiger partial charge on any atom is 0.0593 e. The summed E-state index contributed by atoms with van der Waals surface area (Å²) in [5, 5.41) is 0. The topological polar surface area (TPSA) is 38.5 Å². The monoisotopic (exact) mass is 254 g/mol. The number of nitrogens with two attached hydrogens (primary N) is 1. The van der Waals surface area contributed by atoms with Gasteiger partial charge in [0.25, 0.3) is 0 Å². The van der Waals surface area contributed by atoms with Gasteiger partial charge in [0.1, 0.15) is 0 Å². The molecule has 0 aromatic heterocycles. The van der Waals surface area contributed by atoms with Crippen molar-refractivity contribution in [2.24, 2.45) is 17.6 Å². The van der Waals surface area contributed by atoms with Gasteiger partial charge in [-0.1, -0.05) is 19.8 Å². The molecule has 2 N–H and O–H groups in total. The van der Waals surface area contributed by atoms with Crippen LogP contribution in [0.25, 0.3) is 0 Å². The van der Waals surface area contributed by atoms with E-state index in [1.165, 1.54) is 38.5 Å². The highest BCUT2D eigenvalue weighted by molar-refractivity contribution is 4.94. The second-order valence-electron chi connectivity index (χ2n) is 6.57. The van der Waals surface area contributed by atoms with Crippen LogP contribution in [0.2, 0.25) is 0 Å². The Bertz CT molecular complexity index is 255. The van der Waals surface area contributed by atoms with Crippen LogP contribution in [0, 0.1) is 11.8 Å². The van der Waals surface area contributed by atoms with Crippen molar-refractivity contribution in [2.45, 2.75) is 51.0 Å². The summed E-state index contributed by atoms with van der Waals surface area (Å²) in [6.07, 6.45) is 7.95. The van der Waals surface area contributed by atoms with E-state index in [9.17, 15) is 0 Å². The molecule has 2 aliphatic rings. The van der Waals surface area contributed by atoms with Crippen molar-refractivity contribution in [2.75, 3.05) is 33.4 Å². The van der Waals surface area contributed by atoms with Crippen LogP contribution in [0.15, 0.2) is 0 Å². The first-order chi connectivity index (χ1) is 8.66. The molecule has 3 nitrogen and oxygen atoms in total. The molecular formula is C15H30N2O. The molecule has 0 spiro atoms. The Labute approximate surface area is 112 Å². The van der Waals surface area contributed by atoms with Crippen LogP contribution >= 0.6 is 0 Å². The van der Waals surface area contributed by atoms with Gasteiger partial charge in [-0.25, -0.2) is 0 Å². The third-order valence-corrected chi connectivity index (χ3v) is 4.88. The van der Waals surface area contributed by atoms with Crippen molar-refractivity contribution in [3.05, 3.63) is 0 Å². The molecule has 0 aromatic rings. The third kappa shape index (κ3) is 3.69. The number of nitrogens with zero attached hydrogens (tertiary/aromatic N) is 1. The lowest BCUT2D eigenvalue weighted by molar-refractivity contribution is 0.0279. The minimum Gasteiger partial charge on any atom is -0.380 e. The Morgan fingerprint density at radius 2 is 2.11 bits per heavy atom. The van der Waals surface area contributed by atoms with Crippen LogP contribution in [-0.2, 0) is 4.74 Å². The first-order valence-electron chi connectivity index (χ1n) is 7.65. The van der Waals surface area contributed by atoms with Crippen LogP contribution in [0.1, 0.15) is 45.4 Å². The van der Waals surface area contributed by atoms with Crippen molar-refractivity contribution in [3.63, 3.8) is 0 Å². The van der Waals surface area contributed by atoms with Gasteiger partial charge in [0.05, 0.1) is 6.61 Å². The molecule has 18 heavy (non-hydrogen) atoms. The molecule has 0 bridgehead atoms. The quantitative estimate of drug-likeness (QED) is 0.708. The molecule has 2 atom stereocenters. The minimum atomic E-state index is 0.237. The van der Waals surface area contributed by atoms with Gasteiger partial charge in [-0.3, -0.25) is 4.90 Å². The van der Waals surface area contributed by atoms with Gasteiger partial charge in [0, 0.05) is 25.2 Å². The van der Waals surface area contributed by atoms with E-state index in [2.05, 4.69) is 18.9 Å². The van der Waals surface area contributed by atoms with Crippen molar-refractivity contribution in [1.29, 1.82) is 0 Å². The summed E-state index contributed by atoms with van der Waals surface area (Å²) < 4.78 is 5.75. The third-order valence-electron chi connectivity index (χ3n) is 4.88. The summed E-state index contributed by atoms with van der Waals surface area (Å²) in [6.45, 7) is 6.01. The highest BCUT2D eigenvalue weighted by Gasteiger charge is 2.37. The second-order valence-corrected chi connectivity index (χ2v) is 6.57. The van der Waals surface area contributed by atoms with Gasteiger partial charge in [0.2, 0.25) is 0 Å². The summed E-state index contributed by atoms with van der Waals surface area (Å²) >= 11 is 0. The highest BCUT2D eigenvalue weighted by Crippen LogP contribution is 2.35. The zero-order valence-electron chi connectivity index (χ0n) is 12.2. The fraction of sp³-hybridized carbons (Fsp3) is 1.00. The van der Waals surface area contributed by atoms with E-state index < -0.39 is 0 Å². The predicted octanol–water partition coefficient (Wildman–Crippen LogP) is 2.25. The molecular weight excluding hydrogens is 224 g/mol. The van der Waals surface area contributed by atoms with E-state index >= 15 is 0 Å². The lowest BCUT2D eigenvalue weighted by Crippen LogP contribution is -2.55. The van der Waals surface area contributed by atoms with Crippen LogP contribution < -0.4 is 5.73 Å². The summed E-state index contributed by atoms with van der Waals surface area (Å²) in [5.74, 6) is 1.69. The Morgan fingerprint density at radius 1 is 1.33 bits per heavy atom. The second kappa shape index (κ2) is 6.36. The van der Waals surface area contributed by atoms with Crippen molar-refractivity contribution >= 4 is 0 Å². The predicted molar refractivity (Wildman–Crippen MR) is 75.6 cm³/mol. The van der Waals surface area contributed by atoms with E-state index in [1.807, 2.05) is 0 Å². The van der Waals surface area contributed by atoms with Crippen LogP contribution in [0.3, 0.4) is 0 Å². The van der Waals surface area contributed by atoms with E-state index in [0.29, 0.717) is 0 Å². The van der Waals surface area contributed by atoms with Crippen LogP contribution in [0.5, 0.6) is 0 Å². The van der Waals surface area contributed by atoms with E-state index in [1.54, 1.807) is 0 Å². The maximum atomic E-state index is 6.08. The van der Waals surface area contributed by atoms with Gasteiger partial charge >= 0.3 is 0 Å². The number of hydrogen-bond acceptors (Lipinski definition) is 3. The van der Waals surface area contributed by atoms with E-state index in [0.717, 1.165) is 38.1 Å². The van der Waals surface area contributed by atoms with Crippen LogP contribution in [0.4, 0.5) is 0 Å². The molecule has 0 aromatic carbocycles. The summed E-state index contributed by atoms with van der Waals surface area (Å²) in [5.41, 5.74) is 6.32. The molecule has 0 saturated heterocycles. The fourth-order valence-electron chi connectivity index (χ4n) is 3.29. The molecule has 106 valence electrons. The standard InChI is InChI=1S/C15H30N2O/c1-13-4-3-7-15(10-13,12-16)17(2)8-9-18-11-14-5-6-14/h13-14H,3-12,16H2,1-2H3. The molecule has 0 radical (unpaired) electrons. The molecule has 0 aliphatic heterocycles. The average molecular weight is 254 g/mol. The first kappa shape index (κ1) is 14.3. The molecule has 2 saturated carbocycles. The van der Waals surface area contributed by atoms with Gasteiger partial charge in [-0.05, 0) is 44.6 Å². The molecule has 2 rings (SSSR count). The molecule has 2 fully saturated rings. The smallest absolute Gasteiger partial charge is 0.0593 e. The lowest BCUT2D eigenvalue weighted by Gasteiger charge is -2.46. The molecule has 2 unspecified atom stereocenters. The maximum absolute atomic E-state index is 6.08. The van der Waals surface area contributed by atoms with Gasteiger partial charge in [-0.15, -0.1) is 0 Å². The fourth-order valence-corrected chi connectivity index (χ4v) is 3.29. The first-order valence-corrected chi connectivity index (χ1v) is 7.65. The normalized spacial score (nSPS) is 33.0. The zero-order chi connectivity index (χ0) is 13.0. The van der Waals surface area contributed by atoms with E-state index in [-0.39, 0.29) is 5.54 Å². The summed E-state index contributed by atoms with van der Waals surface area (Å²) in [4.78, 5) is 2.47. The Balaban J connectivity index is 1.74. The number of likely N-dealkylation sites (N-methyl/N-ethyl adjacent to an activating group) is 1. The van der Waals surface area contributed by atoms with Crippen molar-refractivity contribution in [1.82, 2.24) is 4.90 Å². The largest absolute Gasteiger partial charge is 0.380 e. The number of ether oxygens (including phenoxy) is 1. The van der Waals surface area contributed by atoms with Gasteiger partial charge < -0.3 is 10.5 Å². The van der Waals surface area contributed by atoms with Gasteiger partial charge in [0.15, 0.2) is 0 Å². The zero-order valence-corrected chi connectivity index (χ0v) is 12.2. The Morgan fingerprint density at radius 3 is 2.72 bits per heavy atom. The highest BCUT2D eigenvalue weighted by atomic mass is 16.5.